The Morgan fingerprint density at radius 2 is 1.67 bits per heavy atom. The molecule has 0 aliphatic rings. The van der Waals surface area contributed by atoms with Crippen molar-refractivity contribution in [2.24, 2.45) is 5.84 Å². The Morgan fingerprint density at radius 3 is 2.10 bits per heavy atom. The van der Waals surface area contributed by atoms with Crippen LogP contribution >= 0.6 is 0 Å². The van der Waals surface area contributed by atoms with E-state index in [9.17, 15) is 9.59 Å². The van der Waals surface area contributed by atoms with E-state index in [0.717, 1.165) is 5.01 Å². The summed E-state index contributed by atoms with van der Waals surface area (Å²) in [7, 11) is 4.18. The van der Waals surface area contributed by atoms with Crippen LogP contribution in [0.5, 0.6) is 11.5 Å². The van der Waals surface area contributed by atoms with Gasteiger partial charge in [0.2, 0.25) is 0 Å². The maximum atomic E-state index is 12.0. The van der Waals surface area contributed by atoms with E-state index in [1.807, 2.05) is 0 Å². The SMILES string of the molecule is C=C(OC)C(=O)N(N)c1cc(OC)c(OC)cc1C(C)=O. The fourth-order valence-corrected chi connectivity index (χ4v) is 1.68. The molecule has 114 valence electrons. The van der Waals surface area contributed by atoms with Crippen LogP contribution in [0.3, 0.4) is 0 Å². The molecule has 0 aromatic heterocycles. The second-order valence-corrected chi connectivity index (χ2v) is 4.08. The van der Waals surface area contributed by atoms with Gasteiger partial charge >= 0.3 is 5.91 Å². The Kier molecular flexibility index (Phi) is 5.31. The quantitative estimate of drug-likeness (QED) is 0.212. The van der Waals surface area contributed by atoms with E-state index in [1.165, 1.54) is 40.4 Å². The van der Waals surface area contributed by atoms with Crippen LogP contribution in [0.2, 0.25) is 0 Å². The number of methoxy groups -OCH3 is 3. The average molecular weight is 294 g/mol. The van der Waals surface area contributed by atoms with Gasteiger partial charge in [-0.15, -0.1) is 0 Å². The molecule has 1 rings (SSSR count). The van der Waals surface area contributed by atoms with Crippen molar-refractivity contribution in [3.63, 3.8) is 0 Å². The van der Waals surface area contributed by atoms with Gasteiger partial charge in [-0.25, -0.2) is 10.9 Å². The molecule has 0 heterocycles. The van der Waals surface area contributed by atoms with Crippen LogP contribution in [0, 0.1) is 0 Å². The molecule has 1 aromatic rings. The van der Waals surface area contributed by atoms with Gasteiger partial charge < -0.3 is 14.2 Å². The first-order chi connectivity index (χ1) is 9.87. The number of rotatable bonds is 6. The number of anilines is 1. The molecule has 7 heteroatoms. The molecule has 0 unspecified atom stereocenters. The molecule has 0 atom stereocenters. The van der Waals surface area contributed by atoms with Crippen molar-refractivity contribution in [3.8, 4) is 11.5 Å². The maximum absolute atomic E-state index is 12.0. The van der Waals surface area contributed by atoms with Crippen molar-refractivity contribution in [2.75, 3.05) is 26.3 Å². The van der Waals surface area contributed by atoms with Gasteiger partial charge in [-0.1, -0.05) is 6.58 Å². The minimum Gasteiger partial charge on any atom is -0.493 e. The summed E-state index contributed by atoms with van der Waals surface area (Å²) in [5.41, 5.74) is 0.385. The van der Waals surface area contributed by atoms with E-state index in [2.05, 4.69) is 6.58 Å². The van der Waals surface area contributed by atoms with Gasteiger partial charge in [0.05, 0.1) is 27.0 Å². The number of ether oxygens (including phenoxy) is 3. The summed E-state index contributed by atoms with van der Waals surface area (Å²) in [6.45, 7) is 4.79. The molecular weight excluding hydrogens is 276 g/mol. The zero-order chi connectivity index (χ0) is 16.2. The van der Waals surface area contributed by atoms with Gasteiger partial charge in [0.25, 0.3) is 0 Å². The summed E-state index contributed by atoms with van der Waals surface area (Å²) in [5, 5.41) is 0.782. The van der Waals surface area contributed by atoms with E-state index in [4.69, 9.17) is 20.1 Å². The molecule has 0 saturated heterocycles. The highest BCUT2D eigenvalue weighted by atomic mass is 16.5. The number of nitrogens with zero attached hydrogens (tertiary/aromatic N) is 1. The van der Waals surface area contributed by atoms with E-state index in [0.29, 0.717) is 11.5 Å². The summed E-state index contributed by atoms with van der Waals surface area (Å²) in [5.74, 6) is 5.35. The monoisotopic (exact) mass is 294 g/mol. The van der Waals surface area contributed by atoms with Crippen molar-refractivity contribution in [1.29, 1.82) is 0 Å². The Hall–Kier alpha value is -2.54. The van der Waals surface area contributed by atoms with E-state index in [1.54, 1.807) is 0 Å². The zero-order valence-corrected chi connectivity index (χ0v) is 12.4. The molecule has 0 saturated carbocycles. The predicted molar refractivity (Wildman–Crippen MR) is 77.4 cm³/mol. The summed E-state index contributed by atoms with van der Waals surface area (Å²) in [4.78, 5) is 23.8. The number of carbonyl (C=O) groups excluding carboxylic acids is 2. The van der Waals surface area contributed by atoms with Crippen LogP contribution in [0.1, 0.15) is 17.3 Å². The third-order valence-corrected chi connectivity index (χ3v) is 2.84. The van der Waals surface area contributed by atoms with Crippen LogP contribution < -0.4 is 20.3 Å². The number of Topliss-reactive ketones (excluding diaryl/α,β-unsaturated/α-hetero) is 1. The molecule has 2 N–H and O–H groups in total. The lowest BCUT2D eigenvalue weighted by Gasteiger charge is -2.21. The first kappa shape index (κ1) is 16.5. The Morgan fingerprint density at radius 1 is 1.14 bits per heavy atom. The van der Waals surface area contributed by atoms with Crippen LogP contribution in [-0.2, 0) is 9.53 Å². The lowest BCUT2D eigenvalue weighted by atomic mass is 10.1. The van der Waals surface area contributed by atoms with Crippen molar-refractivity contribution in [3.05, 3.63) is 30.0 Å². The lowest BCUT2D eigenvalue weighted by Crippen LogP contribution is -2.39. The minimum absolute atomic E-state index is 0.151. The number of nitrogens with two attached hydrogens (primary N) is 1. The Bertz CT molecular complexity index is 583. The molecule has 0 fully saturated rings. The maximum Gasteiger partial charge on any atom is 0.306 e. The summed E-state index contributed by atoms with van der Waals surface area (Å²) < 4.78 is 15.0. The molecule has 1 amide bonds. The van der Waals surface area contributed by atoms with Crippen LogP contribution in [0.25, 0.3) is 0 Å². The topological polar surface area (TPSA) is 91.1 Å². The molecule has 0 bridgehead atoms. The van der Waals surface area contributed by atoms with Gasteiger partial charge in [-0.3, -0.25) is 9.59 Å². The second kappa shape index (κ2) is 6.76. The number of carbonyl (C=O) groups is 2. The van der Waals surface area contributed by atoms with Crippen LogP contribution in [0.15, 0.2) is 24.5 Å². The second-order valence-electron chi connectivity index (χ2n) is 4.08. The van der Waals surface area contributed by atoms with E-state index in [-0.39, 0.29) is 22.8 Å². The first-order valence-corrected chi connectivity index (χ1v) is 5.96. The standard InChI is InChI=1S/C14H18N2O5/c1-8(17)10-6-12(20-4)13(21-5)7-11(10)16(15)14(18)9(2)19-3/h6-7H,2,15H2,1,3-5H3. The molecule has 21 heavy (non-hydrogen) atoms. The number of amides is 1. The number of benzene rings is 1. The molecule has 7 nitrogen and oxygen atoms in total. The summed E-state index contributed by atoms with van der Waals surface area (Å²) in [6, 6.07) is 2.90. The lowest BCUT2D eigenvalue weighted by molar-refractivity contribution is -0.118. The highest BCUT2D eigenvalue weighted by molar-refractivity contribution is 6.09. The Labute approximate surface area is 122 Å². The minimum atomic E-state index is -0.674. The first-order valence-electron chi connectivity index (χ1n) is 5.96. The zero-order valence-electron chi connectivity index (χ0n) is 12.4. The molecular formula is C14H18N2O5. The molecule has 0 radical (unpaired) electrons. The van der Waals surface area contributed by atoms with Crippen molar-refractivity contribution in [2.45, 2.75) is 6.92 Å². The fourth-order valence-electron chi connectivity index (χ4n) is 1.68. The van der Waals surface area contributed by atoms with Gasteiger partial charge in [-0.05, 0) is 13.0 Å². The largest absolute Gasteiger partial charge is 0.493 e. The highest BCUT2D eigenvalue weighted by Gasteiger charge is 2.23. The van der Waals surface area contributed by atoms with Crippen molar-refractivity contribution in [1.82, 2.24) is 0 Å². The van der Waals surface area contributed by atoms with Crippen LogP contribution in [-0.4, -0.2) is 33.0 Å². The molecule has 0 aliphatic carbocycles. The smallest absolute Gasteiger partial charge is 0.306 e. The number of hydrogen-bond acceptors (Lipinski definition) is 6. The number of ketones is 1. The van der Waals surface area contributed by atoms with Crippen LogP contribution in [0.4, 0.5) is 5.69 Å². The third kappa shape index (κ3) is 3.32. The van der Waals surface area contributed by atoms with Gasteiger partial charge in [0.15, 0.2) is 23.0 Å². The number of hydrogen-bond donors (Lipinski definition) is 1. The van der Waals surface area contributed by atoms with Crippen molar-refractivity contribution >= 4 is 17.4 Å². The average Bonchev–Trinajstić information content (AvgIpc) is 2.50. The van der Waals surface area contributed by atoms with Gasteiger partial charge in [0.1, 0.15) is 0 Å². The van der Waals surface area contributed by atoms with E-state index >= 15 is 0 Å². The van der Waals surface area contributed by atoms with Gasteiger partial charge in [0, 0.05) is 11.6 Å². The molecule has 1 aromatic carbocycles. The summed E-state index contributed by atoms with van der Waals surface area (Å²) >= 11 is 0. The predicted octanol–water partition coefficient (Wildman–Crippen LogP) is 1.27. The number of hydrazine groups is 1. The third-order valence-electron chi connectivity index (χ3n) is 2.84. The van der Waals surface area contributed by atoms with E-state index < -0.39 is 5.91 Å². The normalized spacial score (nSPS) is 9.76. The molecule has 0 aliphatic heterocycles. The van der Waals surface area contributed by atoms with Gasteiger partial charge in [-0.2, -0.15) is 0 Å². The molecule has 0 spiro atoms. The van der Waals surface area contributed by atoms with Crippen molar-refractivity contribution < 1.29 is 23.8 Å². The summed E-state index contributed by atoms with van der Waals surface area (Å²) in [6.07, 6.45) is 0. The Balaban J connectivity index is 3.42. The highest BCUT2D eigenvalue weighted by Crippen LogP contribution is 2.35. The fraction of sp³-hybridized carbons (Fsp3) is 0.286.